The highest BCUT2D eigenvalue weighted by Crippen LogP contribution is 2.11. The first-order chi connectivity index (χ1) is 7.25. The van der Waals surface area contributed by atoms with E-state index >= 15 is 0 Å². The molecule has 0 bridgehead atoms. The van der Waals surface area contributed by atoms with E-state index in [9.17, 15) is 4.79 Å². The molecule has 0 amide bonds. The SMILES string of the molecule is Cc1ccc(C(=O)/C=C\c2ccsc2)o1. The third-order valence-corrected chi connectivity index (χ3v) is 2.66. The van der Waals surface area contributed by atoms with Crippen LogP contribution in [0.3, 0.4) is 0 Å². The second kappa shape index (κ2) is 4.28. The molecular weight excluding hydrogens is 208 g/mol. The van der Waals surface area contributed by atoms with Gasteiger partial charge in [0, 0.05) is 0 Å². The van der Waals surface area contributed by atoms with Crippen molar-refractivity contribution >= 4 is 23.2 Å². The Labute approximate surface area is 91.9 Å². The lowest BCUT2D eigenvalue weighted by Gasteiger charge is -1.88. The standard InChI is InChI=1S/C12H10O2S/c1-9-2-5-12(14-9)11(13)4-3-10-6-7-15-8-10/h2-8H,1H3/b4-3-. The summed E-state index contributed by atoms with van der Waals surface area (Å²) >= 11 is 1.61. The zero-order valence-corrected chi connectivity index (χ0v) is 9.08. The molecule has 2 rings (SSSR count). The third-order valence-electron chi connectivity index (χ3n) is 1.95. The molecule has 0 saturated carbocycles. The van der Waals surface area contributed by atoms with Gasteiger partial charge in [-0.3, -0.25) is 4.79 Å². The van der Waals surface area contributed by atoms with Gasteiger partial charge in [0.15, 0.2) is 5.76 Å². The van der Waals surface area contributed by atoms with Crippen LogP contribution < -0.4 is 0 Å². The minimum absolute atomic E-state index is 0.102. The number of carbonyl (C=O) groups excluding carboxylic acids is 1. The third kappa shape index (κ3) is 2.44. The number of thiophene rings is 1. The molecular formula is C12H10O2S. The molecule has 15 heavy (non-hydrogen) atoms. The summed E-state index contributed by atoms with van der Waals surface area (Å²) in [5.41, 5.74) is 1.04. The average Bonchev–Trinajstić information content (AvgIpc) is 2.84. The van der Waals surface area contributed by atoms with E-state index in [1.807, 2.05) is 23.8 Å². The van der Waals surface area contributed by atoms with Gasteiger partial charge in [-0.05, 0) is 47.5 Å². The lowest BCUT2D eigenvalue weighted by atomic mass is 10.2. The summed E-state index contributed by atoms with van der Waals surface area (Å²) in [6, 6.07) is 5.43. The van der Waals surface area contributed by atoms with Gasteiger partial charge in [-0.2, -0.15) is 11.3 Å². The first-order valence-corrected chi connectivity index (χ1v) is 5.51. The minimum Gasteiger partial charge on any atom is -0.458 e. The lowest BCUT2D eigenvalue weighted by molar-refractivity contribution is 0.102. The highest BCUT2D eigenvalue weighted by atomic mass is 32.1. The van der Waals surface area contributed by atoms with E-state index in [-0.39, 0.29) is 5.78 Å². The van der Waals surface area contributed by atoms with Crippen molar-refractivity contribution in [3.05, 3.63) is 52.1 Å². The number of hydrogen-bond donors (Lipinski definition) is 0. The molecule has 76 valence electrons. The zero-order chi connectivity index (χ0) is 10.7. The zero-order valence-electron chi connectivity index (χ0n) is 8.27. The minimum atomic E-state index is -0.102. The molecule has 0 aromatic carbocycles. The van der Waals surface area contributed by atoms with E-state index in [2.05, 4.69) is 0 Å². The Hall–Kier alpha value is -1.61. The Balaban J connectivity index is 2.10. The normalized spacial score (nSPS) is 11.0. The summed E-state index contributed by atoms with van der Waals surface area (Å²) in [6.45, 7) is 1.82. The Bertz CT molecular complexity index is 477. The lowest BCUT2D eigenvalue weighted by Crippen LogP contribution is -1.89. The van der Waals surface area contributed by atoms with Crippen molar-refractivity contribution < 1.29 is 9.21 Å². The number of hydrogen-bond acceptors (Lipinski definition) is 3. The number of rotatable bonds is 3. The van der Waals surface area contributed by atoms with Gasteiger partial charge in [-0.1, -0.05) is 6.08 Å². The van der Waals surface area contributed by atoms with Gasteiger partial charge in [0.05, 0.1) is 0 Å². The van der Waals surface area contributed by atoms with Crippen LogP contribution in [0.4, 0.5) is 0 Å². The van der Waals surface area contributed by atoms with E-state index in [1.165, 1.54) is 6.08 Å². The van der Waals surface area contributed by atoms with E-state index in [4.69, 9.17) is 4.42 Å². The molecule has 0 radical (unpaired) electrons. The molecule has 2 aromatic heterocycles. The Kier molecular flexibility index (Phi) is 2.83. The van der Waals surface area contributed by atoms with Crippen LogP contribution in [0.25, 0.3) is 6.08 Å². The number of aryl methyl sites for hydroxylation is 1. The van der Waals surface area contributed by atoms with Crippen LogP contribution in [0.1, 0.15) is 21.9 Å². The van der Waals surface area contributed by atoms with Crippen LogP contribution in [-0.2, 0) is 0 Å². The van der Waals surface area contributed by atoms with Gasteiger partial charge >= 0.3 is 0 Å². The topological polar surface area (TPSA) is 30.2 Å². The van der Waals surface area contributed by atoms with Crippen molar-refractivity contribution in [1.29, 1.82) is 0 Å². The predicted molar refractivity (Wildman–Crippen MR) is 61.1 cm³/mol. The monoisotopic (exact) mass is 218 g/mol. The number of ketones is 1. The second-order valence-corrected chi connectivity index (χ2v) is 3.94. The van der Waals surface area contributed by atoms with E-state index in [1.54, 1.807) is 29.5 Å². The van der Waals surface area contributed by atoms with Gasteiger partial charge in [0.1, 0.15) is 5.76 Å². The fourth-order valence-corrected chi connectivity index (χ4v) is 1.82. The number of allylic oxidation sites excluding steroid dienone is 1. The molecule has 0 spiro atoms. The molecule has 0 unspecified atom stereocenters. The van der Waals surface area contributed by atoms with Gasteiger partial charge in [-0.15, -0.1) is 0 Å². The van der Waals surface area contributed by atoms with Crippen molar-refractivity contribution in [2.75, 3.05) is 0 Å². The van der Waals surface area contributed by atoms with Crippen LogP contribution in [-0.4, -0.2) is 5.78 Å². The van der Waals surface area contributed by atoms with Gasteiger partial charge < -0.3 is 4.42 Å². The van der Waals surface area contributed by atoms with Gasteiger partial charge in [-0.25, -0.2) is 0 Å². The van der Waals surface area contributed by atoms with Crippen molar-refractivity contribution in [2.45, 2.75) is 6.92 Å². The maximum atomic E-state index is 11.6. The van der Waals surface area contributed by atoms with E-state index in [0.717, 1.165) is 11.3 Å². The summed E-state index contributed by atoms with van der Waals surface area (Å²) in [4.78, 5) is 11.6. The Morgan fingerprint density at radius 2 is 2.27 bits per heavy atom. The molecule has 0 fully saturated rings. The molecule has 2 aromatic rings. The predicted octanol–water partition coefficient (Wildman–Crippen LogP) is 3.55. The Morgan fingerprint density at radius 3 is 2.87 bits per heavy atom. The molecule has 3 heteroatoms. The van der Waals surface area contributed by atoms with Gasteiger partial charge in [0.25, 0.3) is 0 Å². The van der Waals surface area contributed by atoms with Crippen LogP contribution in [0.2, 0.25) is 0 Å². The number of furan rings is 1. The molecule has 0 atom stereocenters. The summed E-state index contributed by atoms with van der Waals surface area (Å²) in [6.07, 6.45) is 3.32. The van der Waals surface area contributed by atoms with Crippen molar-refractivity contribution in [2.24, 2.45) is 0 Å². The van der Waals surface area contributed by atoms with Crippen molar-refractivity contribution in [3.63, 3.8) is 0 Å². The highest BCUT2D eigenvalue weighted by molar-refractivity contribution is 7.08. The summed E-state index contributed by atoms with van der Waals surface area (Å²) in [5, 5.41) is 3.96. The largest absolute Gasteiger partial charge is 0.458 e. The van der Waals surface area contributed by atoms with E-state index in [0.29, 0.717) is 5.76 Å². The smallest absolute Gasteiger partial charge is 0.221 e. The summed E-state index contributed by atoms with van der Waals surface area (Å²) in [7, 11) is 0. The molecule has 0 aliphatic carbocycles. The molecule has 0 aliphatic heterocycles. The quantitative estimate of drug-likeness (QED) is 0.582. The fraction of sp³-hybridized carbons (Fsp3) is 0.0833. The summed E-state index contributed by atoms with van der Waals surface area (Å²) in [5.74, 6) is 1.04. The van der Waals surface area contributed by atoms with Crippen LogP contribution in [0.5, 0.6) is 0 Å². The maximum absolute atomic E-state index is 11.6. The molecule has 2 nitrogen and oxygen atoms in total. The first kappa shape index (κ1) is 9.93. The van der Waals surface area contributed by atoms with Crippen molar-refractivity contribution in [3.8, 4) is 0 Å². The number of carbonyl (C=O) groups is 1. The van der Waals surface area contributed by atoms with Crippen LogP contribution in [0, 0.1) is 6.92 Å². The highest BCUT2D eigenvalue weighted by Gasteiger charge is 2.05. The van der Waals surface area contributed by atoms with Crippen LogP contribution in [0.15, 0.2) is 39.5 Å². The average molecular weight is 218 g/mol. The summed E-state index contributed by atoms with van der Waals surface area (Å²) < 4.78 is 5.22. The molecule has 2 heterocycles. The fourth-order valence-electron chi connectivity index (χ4n) is 1.19. The van der Waals surface area contributed by atoms with Crippen LogP contribution >= 0.6 is 11.3 Å². The maximum Gasteiger partial charge on any atom is 0.221 e. The molecule has 0 N–H and O–H groups in total. The molecule has 0 saturated heterocycles. The van der Waals surface area contributed by atoms with Crippen molar-refractivity contribution in [1.82, 2.24) is 0 Å². The van der Waals surface area contributed by atoms with Gasteiger partial charge in [0.2, 0.25) is 5.78 Å². The first-order valence-electron chi connectivity index (χ1n) is 4.57. The Morgan fingerprint density at radius 1 is 1.40 bits per heavy atom. The van der Waals surface area contributed by atoms with E-state index < -0.39 is 0 Å². The second-order valence-electron chi connectivity index (χ2n) is 3.16. The molecule has 0 aliphatic rings.